The van der Waals surface area contributed by atoms with Crippen LogP contribution >= 0.6 is 0 Å². The number of likely N-dealkylation sites (tertiary alicyclic amines) is 1. The summed E-state index contributed by atoms with van der Waals surface area (Å²) in [4.78, 5) is 6.36. The summed E-state index contributed by atoms with van der Waals surface area (Å²) in [5.41, 5.74) is 2.19. The molecule has 4 nitrogen and oxygen atoms in total. The second-order valence-corrected chi connectivity index (χ2v) is 4.34. The van der Waals surface area contributed by atoms with Crippen LogP contribution in [0.1, 0.15) is 29.7 Å². The van der Waals surface area contributed by atoms with E-state index >= 15 is 0 Å². The Morgan fingerprint density at radius 1 is 1.38 bits per heavy atom. The van der Waals surface area contributed by atoms with Crippen molar-refractivity contribution in [1.82, 2.24) is 9.88 Å². The molecule has 1 saturated heterocycles. The van der Waals surface area contributed by atoms with E-state index in [1.165, 1.54) is 12.8 Å². The summed E-state index contributed by atoms with van der Waals surface area (Å²) in [5, 5.41) is 19.2. The van der Waals surface area contributed by atoms with E-state index in [1.54, 1.807) is 13.1 Å². The monoisotopic (exact) mass is 222 g/mol. The van der Waals surface area contributed by atoms with Gasteiger partial charge in [0.25, 0.3) is 0 Å². The molecule has 1 aliphatic rings. The van der Waals surface area contributed by atoms with Gasteiger partial charge in [-0.25, -0.2) is 0 Å². The number of pyridine rings is 1. The highest BCUT2D eigenvalue weighted by molar-refractivity contribution is 5.40. The molecule has 0 radical (unpaired) electrons. The first kappa shape index (κ1) is 11.4. The summed E-state index contributed by atoms with van der Waals surface area (Å²) < 4.78 is 0. The molecule has 16 heavy (non-hydrogen) atoms. The average molecular weight is 222 g/mol. The Labute approximate surface area is 95.5 Å². The Bertz CT molecular complexity index is 374. The second-order valence-electron chi connectivity index (χ2n) is 4.34. The van der Waals surface area contributed by atoms with Gasteiger partial charge in [-0.1, -0.05) is 0 Å². The first-order chi connectivity index (χ1) is 7.72. The van der Waals surface area contributed by atoms with Crippen molar-refractivity contribution < 1.29 is 10.2 Å². The molecule has 88 valence electrons. The molecular weight excluding hydrogens is 204 g/mol. The van der Waals surface area contributed by atoms with Crippen molar-refractivity contribution >= 4 is 0 Å². The lowest BCUT2D eigenvalue weighted by Gasteiger charge is -2.18. The number of aryl methyl sites for hydroxylation is 1. The van der Waals surface area contributed by atoms with Crippen LogP contribution in [0.4, 0.5) is 0 Å². The largest absolute Gasteiger partial charge is 0.506 e. The Balaban J connectivity index is 2.25. The van der Waals surface area contributed by atoms with Crippen LogP contribution in [0.5, 0.6) is 5.75 Å². The van der Waals surface area contributed by atoms with Crippen LogP contribution in [-0.2, 0) is 13.2 Å². The van der Waals surface area contributed by atoms with Crippen molar-refractivity contribution in [3.8, 4) is 5.75 Å². The quantitative estimate of drug-likeness (QED) is 0.806. The van der Waals surface area contributed by atoms with E-state index in [-0.39, 0.29) is 12.4 Å². The number of aliphatic hydroxyl groups is 1. The zero-order valence-electron chi connectivity index (χ0n) is 9.61. The molecule has 2 N–H and O–H groups in total. The zero-order valence-corrected chi connectivity index (χ0v) is 9.61. The van der Waals surface area contributed by atoms with Gasteiger partial charge in [0.05, 0.1) is 12.3 Å². The van der Waals surface area contributed by atoms with Crippen LogP contribution in [0.3, 0.4) is 0 Å². The third-order valence-corrected chi connectivity index (χ3v) is 3.18. The average Bonchev–Trinajstić information content (AvgIpc) is 2.78. The van der Waals surface area contributed by atoms with Crippen LogP contribution < -0.4 is 0 Å². The Kier molecular flexibility index (Phi) is 3.41. The normalized spacial score (nSPS) is 16.9. The smallest absolute Gasteiger partial charge is 0.141 e. The lowest BCUT2D eigenvalue weighted by Crippen LogP contribution is -2.19. The van der Waals surface area contributed by atoms with E-state index in [4.69, 9.17) is 0 Å². The summed E-state index contributed by atoms with van der Waals surface area (Å²) in [5.74, 6) is 0.235. The minimum Gasteiger partial charge on any atom is -0.506 e. The number of aliphatic hydroxyl groups excluding tert-OH is 1. The predicted molar refractivity (Wildman–Crippen MR) is 61.1 cm³/mol. The first-order valence-electron chi connectivity index (χ1n) is 5.72. The van der Waals surface area contributed by atoms with Gasteiger partial charge in [0.1, 0.15) is 5.75 Å². The number of hydrogen-bond donors (Lipinski definition) is 2. The number of aromatic nitrogens is 1. The van der Waals surface area contributed by atoms with Gasteiger partial charge >= 0.3 is 0 Å². The summed E-state index contributed by atoms with van der Waals surface area (Å²) in [6, 6.07) is 0. The highest BCUT2D eigenvalue weighted by Crippen LogP contribution is 2.26. The van der Waals surface area contributed by atoms with Gasteiger partial charge in [0.15, 0.2) is 0 Å². The molecule has 0 saturated carbocycles. The van der Waals surface area contributed by atoms with Gasteiger partial charge < -0.3 is 10.2 Å². The van der Waals surface area contributed by atoms with Gasteiger partial charge in [-0.05, 0) is 32.9 Å². The van der Waals surface area contributed by atoms with E-state index in [9.17, 15) is 10.2 Å². The fraction of sp³-hybridized carbons (Fsp3) is 0.583. The highest BCUT2D eigenvalue weighted by atomic mass is 16.3. The van der Waals surface area contributed by atoms with E-state index in [0.29, 0.717) is 12.2 Å². The van der Waals surface area contributed by atoms with Crippen molar-refractivity contribution in [2.24, 2.45) is 0 Å². The molecule has 0 spiro atoms. The summed E-state index contributed by atoms with van der Waals surface area (Å²) in [7, 11) is 0. The van der Waals surface area contributed by atoms with Gasteiger partial charge in [-0.3, -0.25) is 9.88 Å². The SMILES string of the molecule is Cc1ncc(CO)c(CN2CCCC2)c1O. The predicted octanol–water partition coefficient (Wildman–Crippen LogP) is 1.18. The molecule has 2 heterocycles. The van der Waals surface area contributed by atoms with Crippen molar-refractivity contribution in [2.45, 2.75) is 32.9 Å². The number of hydrogen-bond acceptors (Lipinski definition) is 4. The number of aromatic hydroxyl groups is 1. The van der Waals surface area contributed by atoms with E-state index in [2.05, 4.69) is 9.88 Å². The molecule has 4 heteroatoms. The van der Waals surface area contributed by atoms with E-state index in [1.807, 2.05) is 0 Å². The van der Waals surface area contributed by atoms with Gasteiger partial charge in [-0.15, -0.1) is 0 Å². The fourth-order valence-corrected chi connectivity index (χ4v) is 2.16. The molecule has 1 aromatic heterocycles. The molecule has 0 unspecified atom stereocenters. The maximum atomic E-state index is 9.97. The van der Waals surface area contributed by atoms with Crippen molar-refractivity contribution in [2.75, 3.05) is 13.1 Å². The zero-order chi connectivity index (χ0) is 11.5. The molecule has 0 atom stereocenters. The summed E-state index contributed by atoms with van der Waals surface area (Å²) in [6.07, 6.45) is 4.10. The van der Waals surface area contributed by atoms with Gasteiger partial charge in [-0.2, -0.15) is 0 Å². The van der Waals surface area contributed by atoms with Crippen LogP contribution in [0, 0.1) is 6.92 Å². The lowest BCUT2D eigenvalue weighted by molar-refractivity contribution is 0.271. The van der Waals surface area contributed by atoms with Crippen molar-refractivity contribution in [1.29, 1.82) is 0 Å². The summed E-state index contributed by atoms with van der Waals surface area (Å²) >= 11 is 0. The molecule has 1 fully saturated rings. The van der Waals surface area contributed by atoms with Crippen molar-refractivity contribution in [3.05, 3.63) is 23.0 Å². The minimum absolute atomic E-state index is 0.0655. The standard InChI is InChI=1S/C12H18N2O2/c1-9-12(16)11(10(8-15)6-13-9)7-14-4-2-3-5-14/h6,15-16H,2-5,7-8H2,1H3. The Morgan fingerprint density at radius 3 is 2.69 bits per heavy atom. The van der Waals surface area contributed by atoms with Gasteiger partial charge in [0, 0.05) is 23.9 Å². The Hall–Kier alpha value is -1.13. The van der Waals surface area contributed by atoms with Crippen LogP contribution in [0.25, 0.3) is 0 Å². The summed E-state index contributed by atoms with van der Waals surface area (Å²) in [6.45, 7) is 4.58. The fourth-order valence-electron chi connectivity index (χ4n) is 2.16. The maximum Gasteiger partial charge on any atom is 0.141 e. The van der Waals surface area contributed by atoms with Crippen LogP contribution in [-0.4, -0.2) is 33.2 Å². The molecule has 0 bridgehead atoms. The topological polar surface area (TPSA) is 56.6 Å². The minimum atomic E-state index is -0.0655. The number of rotatable bonds is 3. The second kappa shape index (κ2) is 4.80. The van der Waals surface area contributed by atoms with Gasteiger partial charge in [0.2, 0.25) is 0 Å². The lowest BCUT2D eigenvalue weighted by atomic mass is 10.1. The third-order valence-electron chi connectivity index (χ3n) is 3.18. The molecular formula is C12H18N2O2. The number of nitrogens with zero attached hydrogens (tertiary/aromatic N) is 2. The maximum absolute atomic E-state index is 9.97. The molecule has 1 aliphatic heterocycles. The molecule has 1 aromatic rings. The first-order valence-corrected chi connectivity index (χ1v) is 5.72. The molecule has 0 aliphatic carbocycles. The molecule has 0 aromatic carbocycles. The van der Waals surface area contributed by atoms with E-state index < -0.39 is 0 Å². The highest BCUT2D eigenvalue weighted by Gasteiger charge is 2.17. The third kappa shape index (κ3) is 2.18. The van der Waals surface area contributed by atoms with E-state index in [0.717, 1.165) is 24.2 Å². The molecule has 2 rings (SSSR count). The van der Waals surface area contributed by atoms with Crippen LogP contribution in [0.2, 0.25) is 0 Å². The Morgan fingerprint density at radius 2 is 2.06 bits per heavy atom. The molecule has 0 amide bonds. The van der Waals surface area contributed by atoms with Crippen LogP contribution in [0.15, 0.2) is 6.20 Å². The van der Waals surface area contributed by atoms with Crippen molar-refractivity contribution in [3.63, 3.8) is 0 Å².